The van der Waals surface area contributed by atoms with Crippen molar-refractivity contribution in [1.29, 1.82) is 0 Å². The summed E-state index contributed by atoms with van der Waals surface area (Å²) in [4.78, 5) is 52.0. The molecule has 3 aromatic rings. The van der Waals surface area contributed by atoms with Crippen LogP contribution in [0.1, 0.15) is 30.3 Å². The standard InChI is InChI=1S/C20H18BrN7O3/c1-10(29)19-12-2-3-22-6-15(12)27(26-19)9-18(30)28-13-4-11(13)5-14(28)20(31)25-17-8-23-7-16(21)24-17/h2-3,6-8,11,13-14H,4-5,9H2,1H3,(H,24,25,31)/t11-,13-,14+/m1/s1. The van der Waals surface area contributed by atoms with Gasteiger partial charge < -0.3 is 10.2 Å². The topological polar surface area (TPSA) is 123 Å². The molecule has 1 aliphatic carbocycles. The number of likely N-dealkylation sites (tertiary alicyclic amines) is 1. The largest absolute Gasteiger partial charge is 0.326 e. The maximum atomic E-state index is 13.2. The third kappa shape index (κ3) is 3.58. The second-order valence-electron chi connectivity index (χ2n) is 7.79. The maximum Gasteiger partial charge on any atom is 0.248 e. The van der Waals surface area contributed by atoms with Crippen LogP contribution in [-0.2, 0) is 16.1 Å². The number of piperidine rings is 1. The monoisotopic (exact) mass is 483 g/mol. The van der Waals surface area contributed by atoms with Gasteiger partial charge in [0.1, 0.15) is 22.9 Å². The zero-order chi connectivity index (χ0) is 21.7. The van der Waals surface area contributed by atoms with Gasteiger partial charge in [0.15, 0.2) is 11.6 Å². The normalized spacial score (nSPS) is 21.7. The zero-order valence-corrected chi connectivity index (χ0v) is 18.1. The Labute approximate surface area is 185 Å². The van der Waals surface area contributed by atoms with E-state index in [4.69, 9.17) is 0 Å². The molecule has 1 saturated heterocycles. The Bertz CT molecular complexity index is 1230. The number of carbonyl (C=O) groups excluding carboxylic acids is 3. The number of nitrogens with one attached hydrogen (secondary N) is 1. The van der Waals surface area contributed by atoms with Crippen LogP contribution in [-0.4, -0.2) is 59.3 Å². The number of aromatic nitrogens is 5. The lowest BCUT2D eigenvalue weighted by molar-refractivity contribution is -0.138. The van der Waals surface area contributed by atoms with Gasteiger partial charge in [0.2, 0.25) is 11.8 Å². The van der Waals surface area contributed by atoms with Gasteiger partial charge in [0, 0.05) is 24.5 Å². The van der Waals surface area contributed by atoms with Crippen LogP contribution in [0.5, 0.6) is 0 Å². The van der Waals surface area contributed by atoms with Gasteiger partial charge >= 0.3 is 0 Å². The van der Waals surface area contributed by atoms with Gasteiger partial charge in [0.25, 0.3) is 0 Å². The summed E-state index contributed by atoms with van der Waals surface area (Å²) >= 11 is 3.23. The van der Waals surface area contributed by atoms with E-state index in [-0.39, 0.29) is 30.2 Å². The summed E-state index contributed by atoms with van der Waals surface area (Å²) in [7, 11) is 0. The van der Waals surface area contributed by atoms with E-state index in [1.165, 1.54) is 24.0 Å². The van der Waals surface area contributed by atoms with Crippen LogP contribution < -0.4 is 5.32 Å². The fraction of sp³-hybridized carbons (Fsp3) is 0.350. The molecule has 0 spiro atoms. The first-order valence-corrected chi connectivity index (χ1v) is 10.6. The molecule has 0 radical (unpaired) electrons. The van der Waals surface area contributed by atoms with Gasteiger partial charge in [-0.2, -0.15) is 5.10 Å². The van der Waals surface area contributed by atoms with Crippen molar-refractivity contribution >= 4 is 50.2 Å². The molecule has 0 unspecified atom stereocenters. The van der Waals surface area contributed by atoms with Gasteiger partial charge in [-0.15, -0.1) is 0 Å². The first-order chi connectivity index (χ1) is 14.9. The number of pyridine rings is 1. The number of hydrogen-bond donors (Lipinski definition) is 1. The molecule has 1 N–H and O–H groups in total. The van der Waals surface area contributed by atoms with Crippen molar-refractivity contribution < 1.29 is 14.4 Å². The average Bonchev–Trinajstić information content (AvgIpc) is 3.24. The van der Waals surface area contributed by atoms with E-state index in [1.54, 1.807) is 23.4 Å². The summed E-state index contributed by atoms with van der Waals surface area (Å²) in [5.74, 6) is -0.0314. The number of hydrogen-bond acceptors (Lipinski definition) is 7. The Kier molecular flexibility index (Phi) is 4.77. The minimum absolute atomic E-state index is 0.0593. The third-order valence-corrected chi connectivity index (χ3v) is 6.11. The molecule has 1 aliphatic heterocycles. The van der Waals surface area contributed by atoms with E-state index in [0.29, 0.717) is 39.4 Å². The Balaban J connectivity index is 1.38. The van der Waals surface area contributed by atoms with Crippen LogP contribution in [0.4, 0.5) is 5.82 Å². The predicted octanol–water partition coefficient (Wildman–Crippen LogP) is 1.81. The number of halogens is 1. The molecule has 3 atom stereocenters. The molecule has 2 fully saturated rings. The number of amides is 2. The lowest BCUT2D eigenvalue weighted by Gasteiger charge is -2.26. The summed E-state index contributed by atoms with van der Waals surface area (Å²) in [5, 5.41) is 7.75. The molecular weight excluding hydrogens is 466 g/mol. The summed E-state index contributed by atoms with van der Waals surface area (Å²) < 4.78 is 2.00. The van der Waals surface area contributed by atoms with Crippen molar-refractivity contribution in [2.75, 3.05) is 5.32 Å². The van der Waals surface area contributed by atoms with Crippen LogP contribution >= 0.6 is 15.9 Å². The number of carbonyl (C=O) groups is 3. The summed E-state index contributed by atoms with van der Waals surface area (Å²) in [6, 6.07) is 1.19. The van der Waals surface area contributed by atoms with Crippen LogP contribution in [0.2, 0.25) is 0 Å². The van der Waals surface area contributed by atoms with E-state index in [1.807, 2.05) is 0 Å². The molecule has 0 aromatic carbocycles. The van der Waals surface area contributed by atoms with Crippen LogP contribution in [0.25, 0.3) is 10.9 Å². The summed E-state index contributed by atoms with van der Waals surface area (Å²) in [6.45, 7) is 1.37. The summed E-state index contributed by atoms with van der Waals surface area (Å²) in [6.07, 6.45) is 7.66. The highest BCUT2D eigenvalue weighted by Gasteiger charge is 2.56. The molecule has 31 heavy (non-hydrogen) atoms. The predicted molar refractivity (Wildman–Crippen MR) is 113 cm³/mol. The lowest BCUT2D eigenvalue weighted by atomic mass is 10.1. The zero-order valence-electron chi connectivity index (χ0n) is 16.5. The molecule has 3 aromatic heterocycles. The maximum absolute atomic E-state index is 13.2. The Morgan fingerprint density at radius 3 is 2.81 bits per heavy atom. The smallest absolute Gasteiger partial charge is 0.248 e. The van der Waals surface area contributed by atoms with Crippen molar-refractivity contribution in [1.82, 2.24) is 29.6 Å². The minimum Gasteiger partial charge on any atom is -0.326 e. The van der Waals surface area contributed by atoms with Crippen molar-refractivity contribution in [2.45, 2.75) is 38.4 Å². The van der Waals surface area contributed by atoms with Crippen LogP contribution in [0, 0.1) is 5.92 Å². The van der Waals surface area contributed by atoms with E-state index in [9.17, 15) is 14.4 Å². The van der Waals surface area contributed by atoms with E-state index < -0.39 is 6.04 Å². The van der Waals surface area contributed by atoms with Crippen LogP contribution in [0.15, 0.2) is 35.5 Å². The molecule has 10 nitrogen and oxygen atoms in total. The molecule has 2 aliphatic rings. The molecule has 5 rings (SSSR count). The SMILES string of the molecule is CC(=O)c1nn(CC(=O)N2[C@@H]3C[C@@H]3C[C@H]2C(=O)Nc2cncc(Br)n2)c2cnccc12. The molecule has 11 heteroatoms. The Morgan fingerprint density at radius 1 is 1.19 bits per heavy atom. The molecule has 1 saturated carbocycles. The highest BCUT2D eigenvalue weighted by molar-refractivity contribution is 9.10. The number of Topliss-reactive ketones (excluding diaryl/α,β-unsaturated/α-hetero) is 1. The number of nitrogens with zero attached hydrogens (tertiary/aromatic N) is 6. The number of rotatable bonds is 5. The second-order valence-corrected chi connectivity index (χ2v) is 8.60. The molecule has 4 heterocycles. The molecule has 0 bridgehead atoms. The van der Waals surface area contributed by atoms with Crippen molar-refractivity contribution in [2.24, 2.45) is 5.92 Å². The second kappa shape index (κ2) is 7.49. The van der Waals surface area contributed by atoms with Crippen molar-refractivity contribution in [3.63, 3.8) is 0 Å². The Hall–Kier alpha value is -3.21. The van der Waals surface area contributed by atoms with E-state index in [2.05, 4.69) is 41.3 Å². The van der Waals surface area contributed by atoms with Gasteiger partial charge in [-0.1, -0.05) is 0 Å². The van der Waals surface area contributed by atoms with Crippen molar-refractivity contribution in [3.05, 3.63) is 41.2 Å². The van der Waals surface area contributed by atoms with Crippen LogP contribution in [0.3, 0.4) is 0 Å². The fourth-order valence-electron chi connectivity index (χ4n) is 4.27. The van der Waals surface area contributed by atoms with Crippen molar-refractivity contribution in [3.8, 4) is 0 Å². The number of ketones is 1. The summed E-state index contributed by atoms with van der Waals surface area (Å²) in [5.41, 5.74) is 0.913. The quantitative estimate of drug-likeness (QED) is 0.548. The molecule has 2 amide bonds. The van der Waals surface area contributed by atoms with Gasteiger partial charge in [-0.05, 0) is 40.8 Å². The highest BCUT2D eigenvalue weighted by atomic mass is 79.9. The van der Waals surface area contributed by atoms with Gasteiger partial charge in [-0.25, -0.2) is 4.98 Å². The minimum atomic E-state index is -0.579. The number of anilines is 1. The molecular formula is C20H18BrN7O3. The average molecular weight is 484 g/mol. The molecule has 158 valence electrons. The number of fused-ring (bicyclic) bond motifs is 2. The third-order valence-electron chi connectivity index (χ3n) is 5.72. The van der Waals surface area contributed by atoms with E-state index in [0.717, 1.165) is 6.42 Å². The van der Waals surface area contributed by atoms with Gasteiger partial charge in [-0.3, -0.25) is 29.0 Å². The first kappa shape index (κ1) is 19.7. The fourth-order valence-corrected chi connectivity index (χ4v) is 4.58. The van der Waals surface area contributed by atoms with Gasteiger partial charge in [0.05, 0.1) is 24.1 Å². The Morgan fingerprint density at radius 2 is 2.03 bits per heavy atom. The first-order valence-electron chi connectivity index (χ1n) is 9.83. The lowest BCUT2D eigenvalue weighted by Crippen LogP contribution is -2.46. The van der Waals surface area contributed by atoms with E-state index >= 15 is 0 Å². The highest BCUT2D eigenvalue weighted by Crippen LogP contribution is 2.48.